The minimum Gasteiger partial charge on any atom is -0.366 e. The molecule has 0 aliphatic heterocycles. The highest BCUT2D eigenvalue weighted by atomic mass is 32.1. The lowest BCUT2D eigenvalue weighted by atomic mass is 9.89. The molecule has 1 aromatic rings. The molecule has 0 aliphatic rings. The van der Waals surface area contributed by atoms with Crippen LogP contribution in [0.1, 0.15) is 63.5 Å². The third-order valence-electron chi connectivity index (χ3n) is 3.88. The largest absolute Gasteiger partial charge is 0.366 e. The van der Waals surface area contributed by atoms with E-state index in [0.29, 0.717) is 16.9 Å². The van der Waals surface area contributed by atoms with Gasteiger partial charge in [0.25, 0.3) is 0 Å². The summed E-state index contributed by atoms with van der Waals surface area (Å²) in [5.74, 6) is 1.07. The van der Waals surface area contributed by atoms with E-state index in [2.05, 4.69) is 56.5 Å². The number of thiocarbonyl (C=S) groups is 1. The smallest absolute Gasteiger partial charge is 0.170 e. The zero-order chi connectivity index (χ0) is 14.4. The fourth-order valence-electron chi connectivity index (χ4n) is 2.17. The van der Waals surface area contributed by atoms with Crippen LogP contribution < -0.4 is 10.6 Å². The summed E-state index contributed by atoms with van der Waals surface area (Å²) in [6.45, 7) is 8.98. The molecule has 0 saturated heterocycles. The quantitative estimate of drug-likeness (QED) is 0.768. The van der Waals surface area contributed by atoms with Crippen LogP contribution in [-0.2, 0) is 0 Å². The van der Waals surface area contributed by atoms with Gasteiger partial charge in [0.1, 0.15) is 0 Å². The molecule has 2 unspecified atom stereocenters. The van der Waals surface area contributed by atoms with Crippen LogP contribution in [0.5, 0.6) is 0 Å². The highest BCUT2D eigenvalue weighted by molar-refractivity contribution is 7.80. The van der Waals surface area contributed by atoms with Crippen molar-refractivity contribution in [2.45, 2.75) is 52.4 Å². The summed E-state index contributed by atoms with van der Waals surface area (Å²) in [5, 5.41) is 7.06. The molecule has 19 heavy (non-hydrogen) atoms. The van der Waals surface area contributed by atoms with Crippen molar-refractivity contribution in [3.63, 3.8) is 0 Å². The average molecular weight is 278 g/mol. The van der Waals surface area contributed by atoms with Gasteiger partial charge in [-0.3, -0.25) is 0 Å². The molecule has 2 nitrogen and oxygen atoms in total. The SMILES string of the molecule is CCC(C)c1cccc(C(C)CC)c1NC(=S)NC. The molecule has 0 aromatic heterocycles. The molecule has 0 aliphatic carbocycles. The summed E-state index contributed by atoms with van der Waals surface area (Å²) in [7, 11) is 1.85. The Hall–Kier alpha value is -1.09. The zero-order valence-electron chi connectivity index (χ0n) is 12.7. The van der Waals surface area contributed by atoms with E-state index in [1.165, 1.54) is 16.8 Å². The summed E-state index contributed by atoms with van der Waals surface area (Å²) in [4.78, 5) is 0. The number of benzene rings is 1. The van der Waals surface area contributed by atoms with E-state index in [0.717, 1.165) is 12.8 Å². The third kappa shape index (κ3) is 3.93. The zero-order valence-corrected chi connectivity index (χ0v) is 13.5. The Morgan fingerprint density at radius 3 is 1.95 bits per heavy atom. The van der Waals surface area contributed by atoms with Gasteiger partial charge in [-0.1, -0.05) is 45.9 Å². The lowest BCUT2D eigenvalue weighted by Crippen LogP contribution is -2.26. The van der Waals surface area contributed by atoms with Crippen LogP contribution in [0.25, 0.3) is 0 Å². The van der Waals surface area contributed by atoms with E-state index in [9.17, 15) is 0 Å². The van der Waals surface area contributed by atoms with Crippen LogP contribution >= 0.6 is 12.2 Å². The van der Waals surface area contributed by atoms with E-state index in [-0.39, 0.29) is 0 Å². The van der Waals surface area contributed by atoms with Gasteiger partial charge in [-0.15, -0.1) is 0 Å². The van der Waals surface area contributed by atoms with Crippen molar-refractivity contribution in [1.29, 1.82) is 0 Å². The number of hydrogen-bond donors (Lipinski definition) is 2. The summed E-state index contributed by atoms with van der Waals surface area (Å²) in [5.41, 5.74) is 3.92. The fraction of sp³-hybridized carbons (Fsp3) is 0.562. The van der Waals surface area contributed by atoms with Gasteiger partial charge in [0.15, 0.2) is 5.11 Å². The molecule has 0 amide bonds. The van der Waals surface area contributed by atoms with E-state index in [1.54, 1.807) is 0 Å². The third-order valence-corrected chi connectivity index (χ3v) is 4.19. The minimum absolute atomic E-state index is 0.533. The van der Waals surface area contributed by atoms with Gasteiger partial charge in [-0.05, 0) is 48.0 Å². The second-order valence-corrected chi connectivity index (χ2v) is 5.54. The molecular formula is C16H26N2S. The normalized spacial score (nSPS) is 13.7. The molecule has 0 saturated carbocycles. The highest BCUT2D eigenvalue weighted by Gasteiger charge is 2.16. The van der Waals surface area contributed by atoms with Gasteiger partial charge in [0.05, 0.1) is 0 Å². The lowest BCUT2D eigenvalue weighted by molar-refractivity contribution is 0.715. The molecule has 3 heteroatoms. The van der Waals surface area contributed by atoms with Crippen LogP contribution in [-0.4, -0.2) is 12.2 Å². The van der Waals surface area contributed by atoms with Crippen LogP contribution in [0.3, 0.4) is 0 Å². The first-order valence-electron chi connectivity index (χ1n) is 7.16. The molecule has 2 N–H and O–H groups in total. The van der Waals surface area contributed by atoms with E-state index >= 15 is 0 Å². The van der Waals surface area contributed by atoms with Gasteiger partial charge in [-0.2, -0.15) is 0 Å². The molecule has 0 radical (unpaired) electrons. The Morgan fingerprint density at radius 2 is 1.58 bits per heavy atom. The second-order valence-electron chi connectivity index (χ2n) is 5.13. The molecule has 106 valence electrons. The molecule has 0 spiro atoms. The first-order chi connectivity index (χ1) is 9.04. The monoisotopic (exact) mass is 278 g/mol. The molecule has 2 atom stereocenters. The Morgan fingerprint density at radius 1 is 1.11 bits per heavy atom. The molecule has 0 bridgehead atoms. The Balaban J connectivity index is 3.27. The first kappa shape index (κ1) is 16.0. The second kappa shape index (κ2) is 7.49. The summed E-state index contributed by atoms with van der Waals surface area (Å²) in [6, 6.07) is 6.58. The van der Waals surface area contributed by atoms with Gasteiger partial charge >= 0.3 is 0 Å². The fourth-order valence-corrected chi connectivity index (χ4v) is 2.27. The molecule has 1 aromatic carbocycles. The van der Waals surface area contributed by atoms with Gasteiger partial charge < -0.3 is 10.6 Å². The standard InChI is InChI=1S/C16H26N2S/c1-6-11(3)13-9-8-10-14(12(4)7-2)15(13)18-16(19)17-5/h8-12H,6-7H2,1-5H3,(H2,17,18,19). The topological polar surface area (TPSA) is 24.1 Å². The molecule has 0 fully saturated rings. The number of anilines is 1. The van der Waals surface area contributed by atoms with Crippen molar-refractivity contribution in [2.24, 2.45) is 0 Å². The number of hydrogen-bond acceptors (Lipinski definition) is 1. The van der Waals surface area contributed by atoms with Crippen LogP contribution in [0.2, 0.25) is 0 Å². The first-order valence-corrected chi connectivity index (χ1v) is 7.57. The Labute approximate surface area is 123 Å². The predicted molar refractivity (Wildman–Crippen MR) is 89.1 cm³/mol. The van der Waals surface area contributed by atoms with Crippen molar-refractivity contribution in [1.82, 2.24) is 5.32 Å². The Kier molecular flexibility index (Phi) is 6.29. The number of rotatable bonds is 5. The van der Waals surface area contributed by atoms with Crippen molar-refractivity contribution >= 4 is 23.0 Å². The van der Waals surface area contributed by atoms with Gasteiger partial charge in [0, 0.05) is 12.7 Å². The van der Waals surface area contributed by atoms with E-state index in [4.69, 9.17) is 12.2 Å². The van der Waals surface area contributed by atoms with Crippen molar-refractivity contribution in [3.05, 3.63) is 29.3 Å². The van der Waals surface area contributed by atoms with Gasteiger partial charge in [0.2, 0.25) is 0 Å². The number of nitrogens with one attached hydrogen (secondary N) is 2. The van der Waals surface area contributed by atoms with Crippen molar-refractivity contribution in [3.8, 4) is 0 Å². The summed E-state index contributed by atoms with van der Waals surface area (Å²) >= 11 is 5.28. The molecule has 1 rings (SSSR count). The van der Waals surface area contributed by atoms with E-state index < -0.39 is 0 Å². The molecule has 0 heterocycles. The predicted octanol–water partition coefficient (Wildman–Crippen LogP) is 4.63. The van der Waals surface area contributed by atoms with Crippen molar-refractivity contribution < 1.29 is 0 Å². The summed E-state index contributed by atoms with van der Waals surface area (Å²) in [6.07, 6.45) is 2.26. The lowest BCUT2D eigenvalue weighted by Gasteiger charge is -2.23. The maximum Gasteiger partial charge on any atom is 0.170 e. The Bertz CT molecular complexity index is 401. The van der Waals surface area contributed by atoms with Gasteiger partial charge in [-0.25, -0.2) is 0 Å². The van der Waals surface area contributed by atoms with Crippen LogP contribution in [0.4, 0.5) is 5.69 Å². The highest BCUT2D eigenvalue weighted by Crippen LogP contribution is 2.34. The average Bonchev–Trinajstić information content (AvgIpc) is 2.45. The van der Waals surface area contributed by atoms with Crippen LogP contribution in [0, 0.1) is 0 Å². The maximum atomic E-state index is 5.28. The molecular weight excluding hydrogens is 252 g/mol. The minimum atomic E-state index is 0.533. The van der Waals surface area contributed by atoms with Crippen molar-refractivity contribution in [2.75, 3.05) is 12.4 Å². The van der Waals surface area contributed by atoms with E-state index in [1.807, 2.05) is 7.05 Å². The van der Waals surface area contributed by atoms with Crippen LogP contribution in [0.15, 0.2) is 18.2 Å². The maximum absolute atomic E-state index is 5.28. The summed E-state index contributed by atoms with van der Waals surface area (Å²) < 4.78 is 0. The number of para-hydroxylation sites is 1.